The van der Waals surface area contributed by atoms with E-state index in [1.165, 1.54) is 0 Å². The van der Waals surface area contributed by atoms with E-state index in [2.05, 4.69) is 4.98 Å². The number of hydrogen-bond donors (Lipinski definition) is 0. The zero-order valence-corrected chi connectivity index (χ0v) is 12.2. The highest BCUT2D eigenvalue weighted by atomic mass is 16.5. The molecule has 4 heteroatoms. The zero-order chi connectivity index (χ0) is 14.7. The van der Waals surface area contributed by atoms with E-state index in [0.29, 0.717) is 11.4 Å². The first-order valence-corrected chi connectivity index (χ1v) is 6.75. The van der Waals surface area contributed by atoms with E-state index in [0.717, 1.165) is 10.9 Å². The van der Waals surface area contributed by atoms with Crippen LogP contribution in [-0.2, 0) is 4.74 Å². The Kier molecular flexibility index (Phi) is 4.23. The molecule has 1 heterocycles. The fraction of sp³-hybridized carbons (Fsp3) is 0.375. The Bertz CT molecular complexity index is 620. The summed E-state index contributed by atoms with van der Waals surface area (Å²) in [6.45, 7) is 7.49. The Hall–Kier alpha value is -2.10. The molecule has 2 rings (SSSR count). The number of fused-ring (bicyclic) bond motifs is 1. The van der Waals surface area contributed by atoms with Gasteiger partial charge in [-0.3, -0.25) is 0 Å². The lowest BCUT2D eigenvalue weighted by atomic mass is 10.1. The molecule has 0 atom stereocenters. The van der Waals surface area contributed by atoms with Crippen molar-refractivity contribution in [2.75, 3.05) is 0 Å². The number of benzene rings is 1. The van der Waals surface area contributed by atoms with Crippen LogP contribution in [0.25, 0.3) is 10.9 Å². The number of pyridine rings is 1. The minimum Gasteiger partial charge on any atom is -0.475 e. The minimum absolute atomic E-state index is 0.00219. The molecule has 0 radical (unpaired) electrons. The van der Waals surface area contributed by atoms with Crippen molar-refractivity contribution in [1.29, 1.82) is 0 Å². The maximum atomic E-state index is 12.2. The van der Waals surface area contributed by atoms with Crippen LogP contribution in [0.4, 0.5) is 0 Å². The van der Waals surface area contributed by atoms with Crippen LogP contribution in [0.15, 0.2) is 30.3 Å². The van der Waals surface area contributed by atoms with Crippen LogP contribution in [0.1, 0.15) is 38.1 Å². The zero-order valence-electron chi connectivity index (χ0n) is 12.2. The van der Waals surface area contributed by atoms with Crippen LogP contribution >= 0.6 is 0 Å². The SMILES string of the molecule is CC(C)OC(=O)c1cc(OC(C)C)nc2ccccc12. The van der Waals surface area contributed by atoms with Gasteiger partial charge in [0.05, 0.1) is 23.3 Å². The van der Waals surface area contributed by atoms with Crippen LogP contribution in [-0.4, -0.2) is 23.2 Å². The quantitative estimate of drug-likeness (QED) is 0.799. The van der Waals surface area contributed by atoms with Crippen LogP contribution in [0.3, 0.4) is 0 Å². The van der Waals surface area contributed by atoms with Gasteiger partial charge >= 0.3 is 5.97 Å². The molecule has 106 valence electrons. The fourth-order valence-electron chi connectivity index (χ4n) is 1.90. The van der Waals surface area contributed by atoms with E-state index in [4.69, 9.17) is 9.47 Å². The largest absolute Gasteiger partial charge is 0.475 e. The molecule has 0 aliphatic rings. The molecule has 1 aromatic heterocycles. The average Bonchev–Trinajstić information content (AvgIpc) is 2.36. The summed E-state index contributed by atoms with van der Waals surface area (Å²) in [5.41, 5.74) is 1.21. The van der Waals surface area contributed by atoms with Gasteiger partial charge in [-0.15, -0.1) is 0 Å². The van der Waals surface area contributed by atoms with Crippen LogP contribution in [0.2, 0.25) is 0 Å². The summed E-state index contributed by atoms with van der Waals surface area (Å²) in [6.07, 6.45) is -0.165. The van der Waals surface area contributed by atoms with Crippen molar-refractivity contribution in [2.24, 2.45) is 0 Å². The second-order valence-corrected chi connectivity index (χ2v) is 5.15. The van der Waals surface area contributed by atoms with E-state index < -0.39 is 0 Å². The van der Waals surface area contributed by atoms with Crippen LogP contribution in [0.5, 0.6) is 5.88 Å². The molecule has 0 N–H and O–H groups in total. The second kappa shape index (κ2) is 5.90. The van der Waals surface area contributed by atoms with E-state index in [1.807, 2.05) is 52.0 Å². The normalized spacial score (nSPS) is 11.1. The Morgan fingerprint density at radius 3 is 2.45 bits per heavy atom. The lowest BCUT2D eigenvalue weighted by Gasteiger charge is -2.13. The van der Waals surface area contributed by atoms with Crippen molar-refractivity contribution in [3.05, 3.63) is 35.9 Å². The lowest BCUT2D eigenvalue weighted by molar-refractivity contribution is 0.0379. The maximum Gasteiger partial charge on any atom is 0.339 e. The van der Waals surface area contributed by atoms with Gasteiger partial charge in [0.25, 0.3) is 0 Å². The number of hydrogen-bond acceptors (Lipinski definition) is 4. The average molecular weight is 273 g/mol. The molecule has 0 spiro atoms. The molecule has 0 amide bonds. The smallest absolute Gasteiger partial charge is 0.339 e. The molecule has 0 saturated heterocycles. The Morgan fingerprint density at radius 1 is 1.10 bits per heavy atom. The van der Waals surface area contributed by atoms with Crippen molar-refractivity contribution in [3.63, 3.8) is 0 Å². The molecule has 1 aromatic carbocycles. The second-order valence-electron chi connectivity index (χ2n) is 5.15. The summed E-state index contributed by atoms with van der Waals surface area (Å²) >= 11 is 0. The number of esters is 1. The number of aromatic nitrogens is 1. The minimum atomic E-state index is -0.354. The van der Waals surface area contributed by atoms with Gasteiger partial charge in [0, 0.05) is 11.5 Å². The summed E-state index contributed by atoms with van der Waals surface area (Å²) in [5.74, 6) is 0.0848. The first-order valence-electron chi connectivity index (χ1n) is 6.75. The molecule has 0 aliphatic carbocycles. The molecule has 2 aromatic rings. The number of rotatable bonds is 4. The third-order valence-electron chi connectivity index (χ3n) is 2.61. The van der Waals surface area contributed by atoms with Crippen molar-refractivity contribution >= 4 is 16.9 Å². The lowest BCUT2D eigenvalue weighted by Crippen LogP contribution is -2.13. The first-order chi connectivity index (χ1) is 9.47. The Balaban J connectivity index is 2.51. The number of nitrogens with zero attached hydrogens (tertiary/aromatic N) is 1. The number of carbonyl (C=O) groups excluding carboxylic acids is 1. The Labute approximate surface area is 118 Å². The maximum absolute atomic E-state index is 12.2. The van der Waals surface area contributed by atoms with Crippen LogP contribution in [0, 0.1) is 0 Å². The predicted octanol–water partition coefficient (Wildman–Crippen LogP) is 3.59. The summed E-state index contributed by atoms with van der Waals surface area (Å²) in [5, 5.41) is 0.772. The molecule has 0 fully saturated rings. The summed E-state index contributed by atoms with van der Waals surface area (Å²) in [6, 6.07) is 9.12. The highest BCUT2D eigenvalue weighted by molar-refractivity contribution is 6.03. The van der Waals surface area contributed by atoms with Crippen molar-refractivity contribution in [2.45, 2.75) is 39.9 Å². The molecule has 4 nitrogen and oxygen atoms in total. The highest BCUT2D eigenvalue weighted by Crippen LogP contribution is 2.23. The molecular formula is C16H19NO3. The third-order valence-corrected chi connectivity index (χ3v) is 2.61. The van der Waals surface area contributed by atoms with E-state index in [-0.39, 0.29) is 18.2 Å². The highest BCUT2D eigenvalue weighted by Gasteiger charge is 2.16. The van der Waals surface area contributed by atoms with Gasteiger partial charge < -0.3 is 9.47 Å². The number of carbonyl (C=O) groups is 1. The number of para-hydroxylation sites is 1. The summed E-state index contributed by atoms with van der Waals surface area (Å²) < 4.78 is 10.9. The van der Waals surface area contributed by atoms with E-state index >= 15 is 0 Å². The van der Waals surface area contributed by atoms with Gasteiger partial charge in [0.15, 0.2) is 0 Å². The molecule has 20 heavy (non-hydrogen) atoms. The van der Waals surface area contributed by atoms with Crippen molar-refractivity contribution in [3.8, 4) is 5.88 Å². The summed E-state index contributed by atoms with van der Waals surface area (Å²) in [7, 11) is 0. The Morgan fingerprint density at radius 2 is 1.80 bits per heavy atom. The first kappa shape index (κ1) is 14.3. The van der Waals surface area contributed by atoms with E-state index in [1.54, 1.807) is 6.07 Å². The standard InChI is InChI=1S/C16H19NO3/c1-10(2)19-15-9-13(16(18)20-11(3)4)12-7-5-6-8-14(12)17-15/h5-11H,1-4H3. The van der Waals surface area contributed by atoms with E-state index in [9.17, 15) is 4.79 Å². The third kappa shape index (κ3) is 3.26. The van der Waals surface area contributed by atoms with Gasteiger partial charge in [-0.2, -0.15) is 0 Å². The predicted molar refractivity (Wildman–Crippen MR) is 78.1 cm³/mol. The van der Waals surface area contributed by atoms with Gasteiger partial charge in [-0.1, -0.05) is 18.2 Å². The fourth-order valence-corrected chi connectivity index (χ4v) is 1.90. The van der Waals surface area contributed by atoms with Gasteiger partial charge in [-0.25, -0.2) is 9.78 Å². The number of ether oxygens (including phenoxy) is 2. The van der Waals surface area contributed by atoms with Crippen molar-refractivity contribution < 1.29 is 14.3 Å². The monoisotopic (exact) mass is 273 g/mol. The van der Waals surface area contributed by atoms with Gasteiger partial charge in [0.2, 0.25) is 5.88 Å². The summed E-state index contributed by atoms with van der Waals surface area (Å²) in [4.78, 5) is 16.6. The molecule has 0 unspecified atom stereocenters. The van der Waals surface area contributed by atoms with Crippen LogP contribution < -0.4 is 4.74 Å². The van der Waals surface area contributed by atoms with Gasteiger partial charge in [-0.05, 0) is 33.8 Å². The molecule has 0 aliphatic heterocycles. The van der Waals surface area contributed by atoms with Crippen molar-refractivity contribution in [1.82, 2.24) is 4.98 Å². The molecular weight excluding hydrogens is 254 g/mol. The molecule has 0 bridgehead atoms. The topological polar surface area (TPSA) is 48.4 Å². The van der Waals surface area contributed by atoms with Gasteiger partial charge in [0.1, 0.15) is 0 Å². The molecule has 0 saturated carbocycles.